The third-order valence-electron chi connectivity index (χ3n) is 4.87. The topological polar surface area (TPSA) is 98.8 Å². The molecule has 2 fully saturated rings. The van der Waals surface area contributed by atoms with E-state index < -0.39 is 41.2 Å². The van der Waals surface area contributed by atoms with E-state index in [1.165, 1.54) is 13.8 Å². The van der Waals surface area contributed by atoms with E-state index in [0.717, 1.165) is 0 Å². The molecule has 4 unspecified atom stereocenters. The van der Waals surface area contributed by atoms with Crippen molar-refractivity contribution in [2.75, 3.05) is 0 Å². The Kier molecular flexibility index (Phi) is 3.12. The highest BCUT2D eigenvalue weighted by atomic mass is 16.6. The molecule has 22 heavy (non-hydrogen) atoms. The molecule has 7 nitrogen and oxygen atoms in total. The van der Waals surface area contributed by atoms with E-state index >= 15 is 0 Å². The maximum absolute atomic E-state index is 12.2. The fourth-order valence-corrected chi connectivity index (χ4v) is 4.17. The monoisotopic (exact) mass is 307 g/mol. The summed E-state index contributed by atoms with van der Waals surface area (Å²) < 4.78 is 10.8. The van der Waals surface area contributed by atoms with Gasteiger partial charge in [0.25, 0.3) is 0 Å². The highest BCUT2D eigenvalue weighted by Crippen LogP contribution is 2.57. The minimum Gasteiger partial charge on any atom is -0.454 e. The molecular formula is C15H17NO6. The summed E-state index contributed by atoms with van der Waals surface area (Å²) in [6, 6.07) is 0. The molecule has 118 valence electrons. The second kappa shape index (κ2) is 4.66. The van der Waals surface area contributed by atoms with Crippen LogP contribution in [0, 0.1) is 17.8 Å². The molecule has 1 N–H and O–H groups in total. The lowest BCUT2D eigenvalue weighted by Crippen LogP contribution is -2.58. The van der Waals surface area contributed by atoms with Crippen molar-refractivity contribution in [3.8, 4) is 0 Å². The molecule has 4 aliphatic rings. The van der Waals surface area contributed by atoms with Gasteiger partial charge in [0.2, 0.25) is 11.8 Å². The summed E-state index contributed by atoms with van der Waals surface area (Å²) in [5, 5.41) is 2.32. The largest absolute Gasteiger partial charge is 0.454 e. The fraction of sp³-hybridized carbons (Fsp3) is 0.600. The van der Waals surface area contributed by atoms with E-state index in [4.69, 9.17) is 9.47 Å². The van der Waals surface area contributed by atoms with E-state index in [1.54, 1.807) is 6.92 Å². The van der Waals surface area contributed by atoms with Gasteiger partial charge in [0.1, 0.15) is 11.4 Å². The Hall–Kier alpha value is -2.18. The number of hydrogen-bond donors (Lipinski definition) is 1. The van der Waals surface area contributed by atoms with Crippen LogP contribution in [0.15, 0.2) is 11.3 Å². The lowest BCUT2D eigenvalue weighted by Gasteiger charge is -2.51. The molecule has 0 radical (unpaired) electrons. The number of carbonyl (C=O) groups is 4. The van der Waals surface area contributed by atoms with Gasteiger partial charge in [-0.15, -0.1) is 0 Å². The summed E-state index contributed by atoms with van der Waals surface area (Å²) in [5.74, 6) is -3.23. The molecule has 3 aliphatic carbocycles. The average molecular weight is 307 g/mol. The van der Waals surface area contributed by atoms with Crippen molar-refractivity contribution in [2.24, 2.45) is 17.8 Å². The molecule has 7 heteroatoms. The van der Waals surface area contributed by atoms with E-state index in [9.17, 15) is 19.2 Å². The standard InChI is InChI=1S/C15H17NO6/c1-6-12(21-7(2)17)9-4-5-15(6,22-8(3)18)11-10(9)13(19)16-14(11)20/h9-11H,4-5H2,1-3H3,(H,16,19,20). The summed E-state index contributed by atoms with van der Waals surface area (Å²) >= 11 is 0. The van der Waals surface area contributed by atoms with Crippen LogP contribution < -0.4 is 5.32 Å². The van der Waals surface area contributed by atoms with Gasteiger partial charge in [-0.25, -0.2) is 0 Å². The number of carbonyl (C=O) groups excluding carboxylic acids is 4. The second-order valence-corrected chi connectivity index (χ2v) is 6.07. The van der Waals surface area contributed by atoms with Crippen LogP contribution in [-0.4, -0.2) is 29.4 Å². The Morgan fingerprint density at radius 2 is 1.86 bits per heavy atom. The Labute approximate surface area is 127 Å². The number of amides is 2. The smallest absolute Gasteiger partial charge is 0.307 e. The molecule has 2 amide bonds. The van der Waals surface area contributed by atoms with Crippen molar-refractivity contribution in [1.82, 2.24) is 5.32 Å². The van der Waals surface area contributed by atoms with E-state index in [-0.39, 0.29) is 5.92 Å². The highest BCUT2D eigenvalue weighted by Gasteiger charge is 2.67. The van der Waals surface area contributed by atoms with Crippen molar-refractivity contribution in [2.45, 2.75) is 39.2 Å². The SMILES string of the molecule is CC(=O)OC1=C(C)C2(OC(C)=O)CCC1C1C(=O)NC(=O)C12. The summed E-state index contributed by atoms with van der Waals surface area (Å²) in [7, 11) is 0. The van der Waals surface area contributed by atoms with Crippen molar-refractivity contribution >= 4 is 23.8 Å². The number of allylic oxidation sites excluding steroid dienone is 1. The molecule has 4 rings (SSSR count). The first-order valence-electron chi connectivity index (χ1n) is 7.22. The third kappa shape index (κ3) is 1.81. The van der Waals surface area contributed by atoms with Crippen molar-refractivity contribution < 1.29 is 28.7 Å². The molecule has 0 aromatic carbocycles. The van der Waals surface area contributed by atoms with Crippen molar-refractivity contribution in [1.29, 1.82) is 0 Å². The zero-order valence-corrected chi connectivity index (χ0v) is 12.6. The zero-order valence-electron chi connectivity index (χ0n) is 12.6. The Balaban J connectivity index is 2.17. The Bertz CT molecular complexity index is 636. The van der Waals surface area contributed by atoms with Crippen LogP contribution in [0.1, 0.15) is 33.6 Å². The predicted octanol–water partition coefficient (Wildman–Crippen LogP) is 0.438. The number of ether oxygens (including phenoxy) is 2. The van der Waals surface area contributed by atoms with Gasteiger partial charge in [-0.2, -0.15) is 0 Å². The van der Waals surface area contributed by atoms with Crippen molar-refractivity contribution in [3.05, 3.63) is 11.3 Å². The molecule has 0 spiro atoms. The normalized spacial score (nSPS) is 36.0. The van der Waals surface area contributed by atoms with Gasteiger partial charge < -0.3 is 9.47 Å². The van der Waals surface area contributed by atoms with E-state index in [2.05, 4.69) is 5.32 Å². The average Bonchev–Trinajstić information content (AvgIpc) is 2.71. The molecule has 1 heterocycles. The van der Waals surface area contributed by atoms with Crippen LogP contribution in [0.5, 0.6) is 0 Å². The predicted molar refractivity (Wildman–Crippen MR) is 71.8 cm³/mol. The first-order valence-corrected chi connectivity index (χ1v) is 7.22. The van der Waals surface area contributed by atoms with Crippen LogP contribution >= 0.6 is 0 Å². The van der Waals surface area contributed by atoms with Gasteiger partial charge >= 0.3 is 11.9 Å². The summed E-state index contributed by atoms with van der Waals surface area (Å²) in [5.41, 5.74) is -0.646. The van der Waals surface area contributed by atoms with Crippen LogP contribution in [0.2, 0.25) is 0 Å². The first kappa shape index (κ1) is 14.7. The maximum atomic E-state index is 12.2. The Morgan fingerprint density at radius 3 is 2.45 bits per heavy atom. The Morgan fingerprint density at radius 1 is 1.18 bits per heavy atom. The van der Waals surface area contributed by atoms with Crippen LogP contribution in [-0.2, 0) is 28.7 Å². The minimum atomic E-state index is -1.20. The van der Waals surface area contributed by atoms with Crippen molar-refractivity contribution in [3.63, 3.8) is 0 Å². The minimum absolute atomic E-state index is 0.335. The number of hydrogen-bond acceptors (Lipinski definition) is 6. The maximum Gasteiger partial charge on any atom is 0.307 e. The lowest BCUT2D eigenvalue weighted by molar-refractivity contribution is -0.175. The molecule has 2 bridgehead atoms. The van der Waals surface area contributed by atoms with Gasteiger partial charge in [-0.3, -0.25) is 24.5 Å². The number of imide groups is 1. The molecule has 4 atom stereocenters. The van der Waals surface area contributed by atoms with E-state index in [1.807, 2.05) is 0 Å². The molecule has 0 aromatic rings. The summed E-state index contributed by atoms with van der Waals surface area (Å²) in [6.45, 7) is 4.23. The summed E-state index contributed by atoms with van der Waals surface area (Å²) in [6.07, 6.45) is 0.963. The number of rotatable bonds is 2. The molecule has 0 aromatic heterocycles. The molecular weight excluding hydrogens is 290 g/mol. The lowest BCUT2D eigenvalue weighted by atomic mass is 9.56. The number of esters is 2. The first-order chi connectivity index (χ1) is 10.3. The molecule has 1 aliphatic heterocycles. The number of nitrogens with one attached hydrogen (secondary N) is 1. The third-order valence-corrected chi connectivity index (χ3v) is 4.87. The van der Waals surface area contributed by atoms with E-state index in [0.29, 0.717) is 24.2 Å². The molecule has 1 saturated heterocycles. The molecule has 1 saturated carbocycles. The van der Waals surface area contributed by atoms with Crippen LogP contribution in [0.3, 0.4) is 0 Å². The quantitative estimate of drug-likeness (QED) is 0.587. The highest BCUT2D eigenvalue weighted by molar-refractivity contribution is 6.07. The second-order valence-electron chi connectivity index (χ2n) is 6.07. The number of fused-ring (bicyclic) bond motifs is 1. The van der Waals surface area contributed by atoms with Gasteiger partial charge in [0.05, 0.1) is 11.8 Å². The van der Waals surface area contributed by atoms with Gasteiger partial charge in [-0.05, 0) is 19.8 Å². The summed E-state index contributed by atoms with van der Waals surface area (Å²) in [4.78, 5) is 47.3. The van der Waals surface area contributed by atoms with Crippen LogP contribution in [0.25, 0.3) is 0 Å². The zero-order chi connectivity index (χ0) is 16.2. The van der Waals surface area contributed by atoms with Crippen LogP contribution in [0.4, 0.5) is 0 Å². The fourth-order valence-electron chi connectivity index (χ4n) is 4.17. The van der Waals surface area contributed by atoms with Gasteiger partial charge in [-0.1, -0.05) is 0 Å². The van der Waals surface area contributed by atoms with Gasteiger partial charge in [0, 0.05) is 25.3 Å². The van der Waals surface area contributed by atoms with Gasteiger partial charge in [0.15, 0.2) is 0 Å².